The Hall–Kier alpha value is -1.72. The molecule has 1 N–H and O–H groups in total. The minimum absolute atomic E-state index is 0.0672. The van der Waals surface area contributed by atoms with Crippen molar-refractivity contribution >= 4 is 21.8 Å². The van der Waals surface area contributed by atoms with E-state index in [0.717, 1.165) is 5.56 Å². The van der Waals surface area contributed by atoms with Crippen molar-refractivity contribution in [2.45, 2.75) is 6.61 Å². The summed E-state index contributed by atoms with van der Waals surface area (Å²) >= 11 is 3.18. The van der Waals surface area contributed by atoms with Crippen LogP contribution >= 0.6 is 15.9 Å². The van der Waals surface area contributed by atoms with Crippen LogP contribution in [0, 0.1) is 5.82 Å². The lowest BCUT2D eigenvalue weighted by molar-refractivity contribution is 0.0230. The number of amides is 1. The summed E-state index contributed by atoms with van der Waals surface area (Å²) in [6, 6.07) is 13.5. The molecule has 0 saturated carbocycles. The van der Waals surface area contributed by atoms with E-state index in [0.29, 0.717) is 4.47 Å². The van der Waals surface area contributed by atoms with Gasteiger partial charge >= 0.3 is 0 Å². The van der Waals surface area contributed by atoms with Crippen LogP contribution in [0.4, 0.5) is 4.39 Å². The van der Waals surface area contributed by atoms with E-state index in [2.05, 4.69) is 21.4 Å². The zero-order valence-corrected chi connectivity index (χ0v) is 11.5. The first-order valence-corrected chi connectivity index (χ1v) is 6.37. The molecule has 19 heavy (non-hydrogen) atoms. The van der Waals surface area contributed by atoms with Gasteiger partial charge in [-0.3, -0.25) is 9.63 Å². The first-order chi connectivity index (χ1) is 9.16. The van der Waals surface area contributed by atoms with E-state index >= 15 is 0 Å². The van der Waals surface area contributed by atoms with Crippen LogP contribution in [0.15, 0.2) is 53.0 Å². The number of carbonyl (C=O) groups excluding carboxylic acids is 1. The molecule has 3 nitrogen and oxygen atoms in total. The molecule has 0 unspecified atom stereocenters. The van der Waals surface area contributed by atoms with Crippen molar-refractivity contribution in [1.82, 2.24) is 5.48 Å². The molecule has 0 aromatic heterocycles. The molecule has 2 aromatic carbocycles. The molecule has 0 fully saturated rings. The molecule has 2 rings (SSSR count). The number of hydrogen-bond acceptors (Lipinski definition) is 2. The van der Waals surface area contributed by atoms with Crippen molar-refractivity contribution in [3.8, 4) is 0 Å². The maximum atomic E-state index is 13.4. The second kappa shape index (κ2) is 6.45. The van der Waals surface area contributed by atoms with Crippen molar-refractivity contribution in [2.75, 3.05) is 0 Å². The van der Waals surface area contributed by atoms with Gasteiger partial charge in [0.25, 0.3) is 5.91 Å². The summed E-state index contributed by atoms with van der Waals surface area (Å²) in [7, 11) is 0. The van der Waals surface area contributed by atoms with Crippen LogP contribution in [0.1, 0.15) is 15.9 Å². The zero-order valence-electron chi connectivity index (χ0n) is 9.90. The highest BCUT2D eigenvalue weighted by Gasteiger charge is 2.12. The predicted molar refractivity (Wildman–Crippen MR) is 72.8 cm³/mol. The average molecular weight is 324 g/mol. The van der Waals surface area contributed by atoms with Crippen molar-refractivity contribution in [3.05, 3.63) is 69.9 Å². The van der Waals surface area contributed by atoms with Gasteiger partial charge in [-0.1, -0.05) is 46.3 Å². The van der Waals surface area contributed by atoms with Gasteiger partial charge in [-0.05, 0) is 23.8 Å². The molecule has 2 aromatic rings. The summed E-state index contributed by atoms with van der Waals surface area (Å²) < 4.78 is 14.1. The van der Waals surface area contributed by atoms with Gasteiger partial charge in [-0.15, -0.1) is 0 Å². The van der Waals surface area contributed by atoms with Crippen LogP contribution in [-0.4, -0.2) is 5.91 Å². The fourth-order valence-electron chi connectivity index (χ4n) is 1.49. The van der Waals surface area contributed by atoms with Gasteiger partial charge in [0.05, 0.1) is 12.2 Å². The van der Waals surface area contributed by atoms with E-state index in [-0.39, 0.29) is 12.2 Å². The molecule has 0 spiro atoms. The van der Waals surface area contributed by atoms with Crippen molar-refractivity contribution < 1.29 is 14.0 Å². The SMILES string of the molecule is O=C(NOCc1ccccc1)c1cc(Br)ccc1F. The summed E-state index contributed by atoms with van der Waals surface area (Å²) in [4.78, 5) is 16.8. The maximum Gasteiger partial charge on any atom is 0.277 e. The second-order valence-corrected chi connectivity index (χ2v) is 4.75. The number of nitrogens with one attached hydrogen (secondary N) is 1. The molecule has 0 radical (unpaired) electrons. The number of halogens is 2. The van der Waals surface area contributed by atoms with Crippen LogP contribution in [0.25, 0.3) is 0 Å². The van der Waals surface area contributed by atoms with Gasteiger partial charge < -0.3 is 0 Å². The maximum absolute atomic E-state index is 13.4. The van der Waals surface area contributed by atoms with Crippen LogP contribution in [0.5, 0.6) is 0 Å². The fraction of sp³-hybridized carbons (Fsp3) is 0.0714. The van der Waals surface area contributed by atoms with E-state index in [1.807, 2.05) is 30.3 Å². The Morgan fingerprint density at radius 1 is 1.21 bits per heavy atom. The third kappa shape index (κ3) is 3.87. The highest BCUT2D eigenvalue weighted by Crippen LogP contribution is 2.15. The molecule has 0 aliphatic carbocycles. The predicted octanol–water partition coefficient (Wildman–Crippen LogP) is 3.45. The number of rotatable bonds is 4. The molecule has 0 aliphatic heterocycles. The standard InChI is InChI=1S/C14H11BrFNO2/c15-11-6-7-13(16)12(8-11)14(18)17-19-9-10-4-2-1-3-5-10/h1-8H,9H2,(H,17,18). The lowest BCUT2D eigenvalue weighted by Crippen LogP contribution is -2.24. The van der Waals surface area contributed by atoms with Gasteiger partial charge in [0.1, 0.15) is 5.82 Å². The number of hydroxylamine groups is 1. The number of carbonyl (C=O) groups is 1. The third-order valence-corrected chi connectivity index (χ3v) is 2.91. The van der Waals surface area contributed by atoms with Gasteiger partial charge in [-0.25, -0.2) is 9.87 Å². The van der Waals surface area contributed by atoms with Gasteiger partial charge in [0.15, 0.2) is 0 Å². The molecular weight excluding hydrogens is 313 g/mol. The van der Waals surface area contributed by atoms with Gasteiger partial charge in [0, 0.05) is 4.47 Å². The zero-order chi connectivity index (χ0) is 13.7. The highest BCUT2D eigenvalue weighted by molar-refractivity contribution is 9.10. The lowest BCUT2D eigenvalue weighted by atomic mass is 10.2. The monoisotopic (exact) mass is 323 g/mol. The van der Waals surface area contributed by atoms with Crippen molar-refractivity contribution in [2.24, 2.45) is 0 Å². The second-order valence-electron chi connectivity index (χ2n) is 3.83. The summed E-state index contributed by atoms with van der Waals surface area (Å²) in [5, 5.41) is 0. The van der Waals surface area contributed by atoms with Crippen LogP contribution in [0.2, 0.25) is 0 Å². The Kier molecular flexibility index (Phi) is 4.65. The van der Waals surface area contributed by atoms with Gasteiger partial charge in [-0.2, -0.15) is 0 Å². The molecule has 5 heteroatoms. The first kappa shape index (κ1) is 13.7. The normalized spacial score (nSPS) is 10.2. The third-order valence-electron chi connectivity index (χ3n) is 2.42. The largest absolute Gasteiger partial charge is 0.277 e. The van der Waals surface area contributed by atoms with E-state index < -0.39 is 11.7 Å². The molecule has 0 aliphatic rings. The van der Waals surface area contributed by atoms with Crippen LogP contribution < -0.4 is 5.48 Å². The minimum Gasteiger partial charge on any atom is -0.269 e. The molecule has 0 atom stereocenters. The van der Waals surface area contributed by atoms with E-state index in [4.69, 9.17) is 4.84 Å². The molecule has 0 bridgehead atoms. The summed E-state index contributed by atoms with van der Waals surface area (Å²) in [6.07, 6.45) is 0. The van der Waals surface area contributed by atoms with Gasteiger partial charge in [0.2, 0.25) is 0 Å². The molecular formula is C14H11BrFNO2. The number of hydrogen-bond donors (Lipinski definition) is 1. The first-order valence-electron chi connectivity index (χ1n) is 5.58. The Labute approximate surface area is 118 Å². The molecule has 98 valence electrons. The Morgan fingerprint density at radius 3 is 2.68 bits per heavy atom. The average Bonchev–Trinajstić information content (AvgIpc) is 2.42. The highest BCUT2D eigenvalue weighted by atomic mass is 79.9. The van der Waals surface area contributed by atoms with Crippen LogP contribution in [-0.2, 0) is 11.4 Å². The smallest absolute Gasteiger partial charge is 0.269 e. The lowest BCUT2D eigenvalue weighted by Gasteiger charge is -2.07. The molecule has 0 heterocycles. The summed E-state index contributed by atoms with van der Waals surface area (Å²) in [5.74, 6) is -1.21. The van der Waals surface area contributed by atoms with E-state index in [1.165, 1.54) is 18.2 Å². The quantitative estimate of drug-likeness (QED) is 0.875. The fourth-order valence-corrected chi connectivity index (χ4v) is 1.85. The Morgan fingerprint density at radius 2 is 1.95 bits per heavy atom. The minimum atomic E-state index is -0.616. The topological polar surface area (TPSA) is 38.3 Å². The van der Waals surface area contributed by atoms with Crippen LogP contribution in [0.3, 0.4) is 0 Å². The number of benzene rings is 2. The van der Waals surface area contributed by atoms with E-state index in [9.17, 15) is 9.18 Å². The summed E-state index contributed by atoms with van der Waals surface area (Å²) in [5.41, 5.74) is 3.06. The molecule has 0 saturated heterocycles. The van der Waals surface area contributed by atoms with Crippen molar-refractivity contribution in [3.63, 3.8) is 0 Å². The summed E-state index contributed by atoms with van der Waals surface area (Å²) in [6.45, 7) is 0.224. The van der Waals surface area contributed by atoms with Crippen molar-refractivity contribution in [1.29, 1.82) is 0 Å². The van der Waals surface area contributed by atoms with E-state index in [1.54, 1.807) is 0 Å². The Balaban J connectivity index is 1.93. The molecule has 1 amide bonds. The Bertz CT molecular complexity index is 575.